The first-order valence-electron chi connectivity index (χ1n) is 7.21. The van der Waals surface area contributed by atoms with Gasteiger partial charge in [0.15, 0.2) is 0 Å². The molecule has 2 aromatic rings. The molecule has 2 rings (SSSR count). The van der Waals surface area contributed by atoms with Crippen molar-refractivity contribution in [2.75, 3.05) is 23.8 Å². The second-order valence-corrected chi connectivity index (χ2v) is 5.84. The molecule has 1 amide bonds. The highest BCUT2D eigenvalue weighted by molar-refractivity contribution is 9.10. The normalized spacial score (nSPS) is 10.3. The van der Waals surface area contributed by atoms with Gasteiger partial charge in [-0.15, -0.1) is 0 Å². The molecule has 1 heterocycles. The molecule has 0 aliphatic rings. The minimum absolute atomic E-state index is 0.227. The van der Waals surface area contributed by atoms with E-state index >= 15 is 0 Å². The molecular weight excluding hydrogens is 344 g/mol. The summed E-state index contributed by atoms with van der Waals surface area (Å²) in [5.74, 6) is 0.403. The van der Waals surface area contributed by atoms with Gasteiger partial charge in [-0.2, -0.15) is 0 Å². The lowest BCUT2D eigenvalue weighted by molar-refractivity contribution is 0.102. The van der Waals surface area contributed by atoms with Crippen molar-refractivity contribution in [1.29, 1.82) is 0 Å². The standard InChI is InChI=1S/C16H19BrN4O/c1-3-4-9-21(2)16-18-10-12(11-19-16)15(22)20-14-8-6-5-7-13(14)17/h5-8,10-11H,3-4,9H2,1-2H3,(H,20,22). The summed E-state index contributed by atoms with van der Waals surface area (Å²) < 4.78 is 0.834. The van der Waals surface area contributed by atoms with Crippen molar-refractivity contribution in [3.63, 3.8) is 0 Å². The van der Waals surface area contributed by atoms with Gasteiger partial charge in [0.25, 0.3) is 5.91 Å². The van der Waals surface area contributed by atoms with E-state index in [0.717, 1.165) is 29.5 Å². The third kappa shape index (κ3) is 4.27. The number of rotatable bonds is 6. The van der Waals surface area contributed by atoms with Gasteiger partial charge in [0.1, 0.15) is 0 Å². The molecule has 1 N–H and O–H groups in total. The SMILES string of the molecule is CCCCN(C)c1ncc(C(=O)Nc2ccccc2Br)cn1. The van der Waals surface area contributed by atoms with Crippen LogP contribution in [0, 0.1) is 0 Å². The third-order valence-electron chi connectivity index (χ3n) is 3.21. The largest absolute Gasteiger partial charge is 0.344 e. The summed E-state index contributed by atoms with van der Waals surface area (Å²) in [4.78, 5) is 22.7. The molecule has 5 nitrogen and oxygen atoms in total. The van der Waals surface area contributed by atoms with Gasteiger partial charge in [-0.3, -0.25) is 4.79 Å². The first-order chi connectivity index (χ1) is 10.6. The van der Waals surface area contributed by atoms with Gasteiger partial charge in [0.2, 0.25) is 5.95 Å². The van der Waals surface area contributed by atoms with Crippen molar-refractivity contribution in [1.82, 2.24) is 9.97 Å². The van der Waals surface area contributed by atoms with Crippen LogP contribution in [0.1, 0.15) is 30.1 Å². The van der Waals surface area contributed by atoms with Gasteiger partial charge >= 0.3 is 0 Å². The Bertz CT molecular complexity index is 630. The summed E-state index contributed by atoms with van der Waals surface area (Å²) in [6, 6.07) is 7.46. The van der Waals surface area contributed by atoms with Crippen molar-refractivity contribution in [2.45, 2.75) is 19.8 Å². The lowest BCUT2D eigenvalue weighted by Crippen LogP contribution is -2.21. The maximum absolute atomic E-state index is 12.2. The second-order valence-electron chi connectivity index (χ2n) is 4.98. The summed E-state index contributed by atoms with van der Waals surface area (Å²) in [5, 5.41) is 2.83. The zero-order chi connectivity index (χ0) is 15.9. The van der Waals surface area contributed by atoms with Gasteiger partial charge in [0.05, 0.1) is 11.3 Å². The van der Waals surface area contributed by atoms with Crippen molar-refractivity contribution in [3.8, 4) is 0 Å². The van der Waals surface area contributed by atoms with Gasteiger partial charge in [-0.05, 0) is 34.5 Å². The van der Waals surface area contributed by atoms with E-state index < -0.39 is 0 Å². The molecule has 0 atom stereocenters. The van der Waals surface area contributed by atoms with E-state index in [2.05, 4.69) is 38.1 Å². The fourth-order valence-electron chi connectivity index (χ4n) is 1.89. The number of amides is 1. The number of carbonyl (C=O) groups is 1. The summed E-state index contributed by atoms with van der Waals surface area (Å²) in [5.41, 5.74) is 1.15. The number of nitrogens with zero attached hydrogens (tertiary/aromatic N) is 3. The number of para-hydroxylation sites is 1. The molecule has 1 aromatic heterocycles. The third-order valence-corrected chi connectivity index (χ3v) is 3.90. The van der Waals surface area contributed by atoms with Crippen LogP contribution in [0.2, 0.25) is 0 Å². The van der Waals surface area contributed by atoms with Gasteiger partial charge in [0, 0.05) is 30.5 Å². The molecule has 22 heavy (non-hydrogen) atoms. The zero-order valence-corrected chi connectivity index (χ0v) is 14.3. The second kappa shape index (κ2) is 7.89. The summed E-state index contributed by atoms with van der Waals surface area (Å²) >= 11 is 3.40. The van der Waals surface area contributed by atoms with Crippen molar-refractivity contribution in [3.05, 3.63) is 46.7 Å². The van der Waals surface area contributed by atoms with Crippen molar-refractivity contribution >= 4 is 33.5 Å². The molecule has 0 saturated heterocycles. The van der Waals surface area contributed by atoms with E-state index in [-0.39, 0.29) is 5.91 Å². The topological polar surface area (TPSA) is 58.1 Å². The van der Waals surface area contributed by atoms with Crippen molar-refractivity contribution < 1.29 is 4.79 Å². The van der Waals surface area contributed by atoms with E-state index in [0.29, 0.717) is 11.5 Å². The molecule has 1 aromatic carbocycles. The van der Waals surface area contributed by atoms with Crippen LogP contribution in [0.5, 0.6) is 0 Å². The Labute approximate surface area is 138 Å². The van der Waals surface area contributed by atoms with Gasteiger partial charge < -0.3 is 10.2 Å². The number of aromatic nitrogens is 2. The fourth-order valence-corrected chi connectivity index (χ4v) is 2.27. The van der Waals surface area contributed by atoms with Crippen LogP contribution in [0.4, 0.5) is 11.6 Å². The minimum atomic E-state index is -0.227. The Kier molecular flexibility index (Phi) is 5.89. The average Bonchev–Trinajstić information content (AvgIpc) is 2.55. The minimum Gasteiger partial charge on any atom is -0.344 e. The molecule has 116 valence electrons. The quantitative estimate of drug-likeness (QED) is 0.850. The Balaban J connectivity index is 2.04. The molecular formula is C16H19BrN4O. The summed E-state index contributed by atoms with van der Waals surface area (Å²) in [6.45, 7) is 3.04. The summed E-state index contributed by atoms with van der Waals surface area (Å²) in [6.07, 6.45) is 5.31. The zero-order valence-electron chi connectivity index (χ0n) is 12.7. The first-order valence-corrected chi connectivity index (χ1v) is 8.00. The molecule has 0 fully saturated rings. The maximum atomic E-state index is 12.2. The number of hydrogen-bond acceptors (Lipinski definition) is 4. The fraction of sp³-hybridized carbons (Fsp3) is 0.312. The van der Waals surface area contributed by atoms with Crippen LogP contribution in [0.25, 0.3) is 0 Å². The highest BCUT2D eigenvalue weighted by Crippen LogP contribution is 2.21. The van der Waals surface area contributed by atoms with Crippen LogP contribution in [-0.2, 0) is 0 Å². The highest BCUT2D eigenvalue weighted by atomic mass is 79.9. The van der Waals surface area contributed by atoms with E-state index in [9.17, 15) is 4.79 Å². The van der Waals surface area contributed by atoms with Crippen LogP contribution in [-0.4, -0.2) is 29.5 Å². The number of halogens is 1. The van der Waals surface area contributed by atoms with E-state index in [4.69, 9.17) is 0 Å². The van der Waals surface area contributed by atoms with E-state index in [1.165, 1.54) is 0 Å². The van der Waals surface area contributed by atoms with Crippen LogP contribution >= 0.6 is 15.9 Å². The smallest absolute Gasteiger partial charge is 0.258 e. The molecule has 0 bridgehead atoms. The maximum Gasteiger partial charge on any atom is 0.258 e. The number of benzene rings is 1. The first kappa shape index (κ1) is 16.4. The van der Waals surface area contributed by atoms with E-state index in [1.54, 1.807) is 12.4 Å². The predicted molar refractivity (Wildman–Crippen MR) is 92.3 cm³/mol. The Morgan fingerprint density at radius 3 is 2.59 bits per heavy atom. The molecule has 0 radical (unpaired) electrons. The highest BCUT2D eigenvalue weighted by Gasteiger charge is 2.10. The Morgan fingerprint density at radius 2 is 1.95 bits per heavy atom. The molecule has 0 unspecified atom stereocenters. The van der Waals surface area contributed by atoms with E-state index in [1.807, 2.05) is 36.2 Å². The lowest BCUT2D eigenvalue weighted by atomic mass is 10.3. The number of anilines is 2. The molecule has 0 spiro atoms. The van der Waals surface area contributed by atoms with Gasteiger partial charge in [-0.25, -0.2) is 9.97 Å². The molecule has 6 heteroatoms. The van der Waals surface area contributed by atoms with Crippen LogP contribution in [0.15, 0.2) is 41.1 Å². The Hall–Kier alpha value is -1.95. The Morgan fingerprint density at radius 1 is 1.27 bits per heavy atom. The lowest BCUT2D eigenvalue weighted by Gasteiger charge is -2.16. The van der Waals surface area contributed by atoms with Crippen LogP contribution < -0.4 is 10.2 Å². The van der Waals surface area contributed by atoms with Crippen molar-refractivity contribution in [2.24, 2.45) is 0 Å². The molecule has 0 aliphatic heterocycles. The predicted octanol–water partition coefficient (Wildman–Crippen LogP) is 3.73. The average molecular weight is 363 g/mol. The summed E-state index contributed by atoms with van der Waals surface area (Å²) in [7, 11) is 1.95. The molecule has 0 saturated carbocycles. The number of unbranched alkanes of at least 4 members (excludes halogenated alkanes) is 1. The monoisotopic (exact) mass is 362 g/mol. The molecule has 0 aliphatic carbocycles. The number of carbonyl (C=O) groups excluding carboxylic acids is 1. The van der Waals surface area contributed by atoms with Gasteiger partial charge in [-0.1, -0.05) is 25.5 Å². The van der Waals surface area contributed by atoms with Crippen LogP contribution in [0.3, 0.4) is 0 Å². The number of nitrogens with one attached hydrogen (secondary N) is 1. The number of hydrogen-bond donors (Lipinski definition) is 1.